The van der Waals surface area contributed by atoms with Gasteiger partial charge in [-0.25, -0.2) is 0 Å². The summed E-state index contributed by atoms with van der Waals surface area (Å²) in [7, 11) is 0. The van der Waals surface area contributed by atoms with Crippen LogP contribution in [0.15, 0.2) is 91.0 Å². The molecule has 0 atom stereocenters. The summed E-state index contributed by atoms with van der Waals surface area (Å²) in [6.07, 6.45) is 4.83. The fourth-order valence-electron chi connectivity index (χ4n) is 3.87. The van der Waals surface area contributed by atoms with Crippen molar-refractivity contribution in [3.05, 3.63) is 113 Å². The Bertz CT molecular complexity index is 958. The van der Waals surface area contributed by atoms with Crippen molar-refractivity contribution in [2.45, 2.75) is 19.3 Å². The molecule has 3 aromatic rings. The Morgan fingerprint density at radius 1 is 0.793 bits per heavy atom. The highest BCUT2D eigenvalue weighted by Crippen LogP contribution is 2.22. The van der Waals surface area contributed by atoms with Gasteiger partial charge in [0.25, 0.3) is 0 Å². The van der Waals surface area contributed by atoms with Gasteiger partial charge in [-0.2, -0.15) is 0 Å². The largest absolute Gasteiger partial charge is 0.299 e. The van der Waals surface area contributed by atoms with E-state index in [1.54, 1.807) is 0 Å². The topological polar surface area (TPSA) is 20.3 Å². The third kappa shape index (κ3) is 5.30. The zero-order chi connectivity index (χ0) is 19.9. The molecule has 4 rings (SSSR count). The van der Waals surface area contributed by atoms with E-state index in [9.17, 15) is 4.79 Å². The second-order valence-electron chi connectivity index (χ2n) is 7.68. The molecule has 0 amide bonds. The summed E-state index contributed by atoms with van der Waals surface area (Å²) >= 11 is 0. The van der Waals surface area contributed by atoms with Crippen molar-refractivity contribution in [3.8, 4) is 0 Å². The molecule has 29 heavy (non-hydrogen) atoms. The summed E-state index contributed by atoms with van der Waals surface area (Å²) in [5.41, 5.74) is 6.09. The van der Waals surface area contributed by atoms with Gasteiger partial charge in [0.1, 0.15) is 0 Å². The minimum absolute atomic E-state index is 0.231. The average molecular weight is 382 g/mol. The smallest absolute Gasteiger partial charge is 0.164 e. The second-order valence-corrected chi connectivity index (χ2v) is 7.68. The number of Topliss-reactive ketones (excluding diaryl/α,β-unsaturated/α-hetero) is 1. The lowest BCUT2D eigenvalue weighted by molar-refractivity contribution is 0.0966. The van der Waals surface area contributed by atoms with Crippen molar-refractivity contribution < 1.29 is 4.79 Å². The molecule has 0 unspecified atom stereocenters. The van der Waals surface area contributed by atoms with Crippen molar-refractivity contribution in [2.75, 3.05) is 19.6 Å². The lowest BCUT2D eigenvalue weighted by Crippen LogP contribution is -2.30. The highest BCUT2D eigenvalue weighted by atomic mass is 16.1. The van der Waals surface area contributed by atoms with Crippen molar-refractivity contribution in [1.29, 1.82) is 0 Å². The van der Waals surface area contributed by atoms with Gasteiger partial charge in [-0.05, 0) is 35.1 Å². The summed E-state index contributed by atoms with van der Waals surface area (Å²) in [5.74, 6) is 0.231. The normalized spacial score (nSPS) is 14.4. The highest BCUT2D eigenvalue weighted by molar-refractivity contribution is 5.96. The Labute approximate surface area is 173 Å². The predicted octanol–water partition coefficient (Wildman–Crippen LogP) is 5.64. The van der Waals surface area contributed by atoms with Crippen LogP contribution in [0.25, 0.3) is 5.57 Å². The molecule has 3 aromatic carbocycles. The van der Waals surface area contributed by atoms with Crippen LogP contribution in [-0.4, -0.2) is 30.3 Å². The maximum atomic E-state index is 12.6. The van der Waals surface area contributed by atoms with E-state index in [1.165, 1.54) is 22.3 Å². The van der Waals surface area contributed by atoms with E-state index in [0.29, 0.717) is 6.42 Å². The number of carbonyl (C=O) groups is 1. The number of ketones is 1. The van der Waals surface area contributed by atoms with Gasteiger partial charge in [-0.15, -0.1) is 0 Å². The van der Waals surface area contributed by atoms with Gasteiger partial charge >= 0.3 is 0 Å². The summed E-state index contributed by atoms with van der Waals surface area (Å²) in [6, 6.07) is 29.1. The minimum Gasteiger partial charge on any atom is -0.299 e. The van der Waals surface area contributed by atoms with Crippen LogP contribution in [0.4, 0.5) is 0 Å². The monoisotopic (exact) mass is 381 g/mol. The van der Waals surface area contributed by atoms with E-state index in [-0.39, 0.29) is 5.78 Å². The van der Waals surface area contributed by atoms with E-state index < -0.39 is 0 Å². The zero-order valence-electron chi connectivity index (χ0n) is 16.8. The number of rotatable bonds is 7. The standard InChI is InChI=1S/C27H27NO/c29-27(26-13-11-23(12-14-26)21-22-7-3-1-4-8-22)17-20-28-18-15-25(16-19-28)24-9-5-2-6-10-24/h1-15H,16-21H2. The molecular formula is C27H27NO. The lowest BCUT2D eigenvalue weighted by Gasteiger charge is -2.26. The van der Waals surface area contributed by atoms with Crippen LogP contribution in [0.2, 0.25) is 0 Å². The molecule has 0 saturated carbocycles. The van der Waals surface area contributed by atoms with E-state index in [2.05, 4.69) is 77.7 Å². The first-order valence-corrected chi connectivity index (χ1v) is 10.4. The van der Waals surface area contributed by atoms with Crippen LogP contribution >= 0.6 is 0 Å². The number of hydrogen-bond acceptors (Lipinski definition) is 2. The van der Waals surface area contributed by atoms with Gasteiger partial charge < -0.3 is 0 Å². The molecule has 0 saturated heterocycles. The third-order valence-corrected chi connectivity index (χ3v) is 5.62. The molecule has 0 aromatic heterocycles. The fraction of sp³-hybridized carbons (Fsp3) is 0.222. The number of benzene rings is 3. The van der Waals surface area contributed by atoms with E-state index in [1.807, 2.05) is 18.2 Å². The Hall–Kier alpha value is -2.97. The molecule has 2 nitrogen and oxygen atoms in total. The van der Waals surface area contributed by atoms with Crippen LogP contribution in [0.1, 0.15) is 39.9 Å². The molecule has 0 radical (unpaired) electrons. The van der Waals surface area contributed by atoms with Gasteiger partial charge in [0.05, 0.1) is 0 Å². The van der Waals surface area contributed by atoms with Crippen molar-refractivity contribution in [2.24, 2.45) is 0 Å². The van der Waals surface area contributed by atoms with Crippen molar-refractivity contribution >= 4 is 11.4 Å². The summed E-state index contributed by atoms with van der Waals surface area (Å²) in [4.78, 5) is 15.0. The lowest BCUT2D eigenvalue weighted by atomic mass is 9.99. The molecule has 0 bridgehead atoms. The maximum absolute atomic E-state index is 12.6. The van der Waals surface area contributed by atoms with Gasteiger partial charge in [0.2, 0.25) is 0 Å². The Balaban J connectivity index is 1.27. The van der Waals surface area contributed by atoms with Crippen molar-refractivity contribution in [3.63, 3.8) is 0 Å². The molecule has 1 aliphatic rings. The second kappa shape index (κ2) is 9.49. The summed E-state index contributed by atoms with van der Waals surface area (Å²) in [5, 5.41) is 0. The molecule has 0 N–H and O–H groups in total. The molecule has 2 heteroatoms. The van der Waals surface area contributed by atoms with Gasteiger partial charge in [0, 0.05) is 31.6 Å². The minimum atomic E-state index is 0.231. The molecule has 1 heterocycles. The maximum Gasteiger partial charge on any atom is 0.164 e. The van der Waals surface area contributed by atoms with E-state index >= 15 is 0 Å². The Morgan fingerprint density at radius 3 is 2.10 bits per heavy atom. The van der Waals surface area contributed by atoms with Crippen molar-refractivity contribution in [1.82, 2.24) is 4.90 Å². The van der Waals surface area contributed by atoms with Gasteiger partial charge in [0.15, 0.2) is 5.78 Å². The number of carbonyl (C=O) groups excluding carboxylic acids is 1. The molecule has 0 spiro atoms. The quantitative estimate of drug-likeness (QED) is 0.494. The Kier molecular flexibility index (Phi) is 6.33. The number of hydrogen-bond donors (Lipinski definition) is 0. The fourth-order valence-corrected chi connectivity index (χ4v) is 3.87. The van der Waals surface area contributed by atoms with E-state index in [0.717, 1.165) is 38.0 Å². The SMILES string of the molecule is O=C(CCN1CC=C(c2ccccc2)CC1)c1ccc(Cc2ccccc2)cc1. The van der Waals surface area contributed by atoms with Crippen LogP contribution in [0, 0.1) is 0 Å². The first-order valence-electron chi connectivity index (χ1n) is 10.4. The molecule has 0 fully saturated rings. The van der Waals surface area contributed by atoms with Crippen LogP contribution in [0.5, 0.6) is 0 Å². The molecule has 146 valence electrons. The molecule has 1 aliphatic heterocycles. The Morgan fingerprint density at radius 2 is 1.45 bits per heavy atom. The van der Waals surface area contributed by atoms with Crippen LogP contribution in [-0.2, 0) is 6.42 Å². The predicted molar refractivity (Wildman–Crippen MR) is 120 cm³/mol. The van der Waals surface area contributed by atoms with Crippen LogP contribution in [0.3, 0.4) is 0 Å². The van der Waals surface area contributed by atoms with Gasteiger partial charge in [-0.1, -0.05) is 91.0 Å². The number of nitrogens with zero attached hydrogens (tertiary/aromatic N) is 1. The zero-order valence-corrected chi connectivity index (χ0v) is 16.8. The average Bonchev–Trinajstić information content (AvgIpc) is 2.80. The summed E-state index contributed by atoms with van der Waals surface area (Å²) < 4.78 is 0. The van der Waals surface area contributed by atoms with E-state index in [4.69, 9.17) is 0 Å². The molecule has 0 aliphatic carbocycles. The highest BCUT2D eigenvalue weighted by Gasteiger charge is 2.14. The molecular weight excluding hydrogens is 354 g/mol. The van der Waals surface area contributed by atoms with Gasteiger partial charge in [-0.3, -0.25) is 9.69 Å². The van der Waals surface area contributed by atoms with Crippen LogP contribution < -0.4 is 0 Å². The summed E-state index contributed by atoms with van der Waals surface area (Å²) in [6.45, 7) is 2.76. The first kappa shape index (κ1) is 19.4. The first-order chi connectivity index (χ1) is 14.3. The third-order valence-electron chi connectivity index (χ3n) is 5.62.